The summed E-state index contributed by atoms with van der Waals surface area (Å²) in [6, 6.07) is 6.52. The fourth-order valence-electron chi connectivity index (χ4n) is 3.68. The molecule has 1 saturated carbocycles. The Labute approximate surface area is 150 Å². The largest absolute Gasteiger partial charge is 0.490 e. The van der Waals surface area contributed by atoms with E-state index in [9.17, 15) is 9.90 Å². The summed E-state index contributed by atoms with van der Waals surface area (Å²) in [5.74, 6) is 0.962. The highest BCUT2D eigenvalue weighted by molar-refractivity contribution is 5.74. The van der Waals surface area contributed by atoms with Crippen LogP contribution in [0.25, 0.3) is 0 Å². The number of amides is 2. The minimum atomic E-state index is -0.189. The lowest BCUT2D eigenvalue weighted by Crippen LogP contribution is -2.50. The van der Waals surface area contributed by atoms with Crippen LogP contribution in [-0.4, -0.2) is 47.4 Å². The van der Waals surface area contributed by atoms with Gasteiger partial charge in [-0.3, -0.25) is 0 Å². The predicted molar refractivity (Wildman–Crippen MR) is 97.9 cm³/mol. The number of nitrogens with one attached hydrogen (secondary N) is 1. The molecule has 25 heavy (non-hydrogen) atoms. The topological polar surface area (TPSA) is 61.8 Å². The molecule has 138 valence electrons. The van der Waals surface area contributed by atoms with E-state index in [-0.39, 0.29) is 24.3 Å². The van der Waals surface area contributed by atoms with E-state index in [1.54, 1.807) is 0 Å². The lowest BCUT2D eigenvalue weighted by Gasteiger charge is -2.34. The fraction of sp³-hybridized carbons (Fsp3) is 0.650. The molecule has 0 spiro atoms. The summed E-state index contributed by atoms with van der Waals surface area (Å²) in [5, 5.41) is 12.7. The summed E-state index contributed by atoms with van der Waals surface area (Å²) in [7, 11) is 0. The Bertz CT molecular complexity index is 589. The third-order valence-electron chi connectivity index (χ3n) is 5.39. The molecule has 2 aliphatic rings. The van der Waals surface area contributed by atoms with Gasteiger partial charge in [-0.1, -0.05) is 12.1 Å². The highest BCUT2D eigenvalue weighted by Crippen LogP contribution is 2.24. The molecule has 1 heterocycles. The maximum atomic E-state index is 12.4. The minimum Gasteiger partial charge on any atom is -0.490 e. The van der Waals surface area contributed by atoms with Crippen molar-refractivity contribution in [1.29, 1.82) is 0 Å². The van der Waals surface area contributed by atoms with Gasteiger partial charge in [-0.2, -0.15) is 0 Å². The van der Waals surface area contributed by atoms with Gasteiger partial charge in [-0.15, -0.1) is 0 Å². The zero-order valence-corrected chi connectivity index (χ0v) is 15.3. The molecule has 2 amide bonds. The normalized spacial score (nSPS) is 24.8. The van der Waals surface area contributed by atoms with Crippen LogP contribution >= 0.6 is 0 Å². The van der Waals surface area contributed by atoms with Gasteiger partial charge < -0.3 is 20.1 Å². The Kier molecular flexibility index (Phi) is 5.84. The van der Waals surface area contributed by atoms with Gasteiger partial charge in [0.05, 0.1) is 6.10 Å². The molecule has 1 aliphatic heterocycles. The predicted octanol–water partition coefficient (Wildman–Crippen LogP) is 3.16. The monoisotopic (exact) mass is 346 g/mol. The fourth-order valence-corrected chi connectivity index (χ4v) is 3.68. The van der Waals surface area contributed by atoms with Crippen LogP contribution in [0.3, 0.4) is 0 Å². The Balaban J connectivity index is 1.45. The van der Waals surface area contributed by atoms with Crippen LogP contribution in [0.15, 0.2) is 18.2 Å². The first kappa shape index (κ1) is 18.1. The third kappa shape index (κ3) is 4.88. The zero-order chi connectivity index (χ0) is 17.8. The number of carbonyl (C=O) groups excluding carboxylic acids is 1. The van der Waals surface area contributed by atoms with Crippen LogP contribution in [0.1, 0.15) is 49.7 Å². The summed E-state index contributed by atoms with van der Waals surface area (Å²) in [6.07, 6.45) is 5.04. The second-order valence-electron chi connectivity index (χ2n) is 7.53. The van der Waals surface area contributed by atoms with E-state index in [1.165, 1.54) is 5.56 Å². The summed E-state index contributed by atoms with van der Waals surface area (Å²) in [5.41, 5.74) is 2.36. The number of hydrogen-bond donors (Lipinski definition) is 2. The molecule has 2 fully saturated rings. The first-order chi connectivity index (χ1) is 12.0. The van der Waals surface area contributed by atoms with E-state index < -0.39 is 0 Å². The minimum absolute atomic E-state index is 0.0339. The van der Waals surface area contributed by atoms with Crippen LogP contribution in [0.5, 0.6) is 5.75 Å². The highest BCUT2D eigenvalue weighted by atomic mass is 16.5. The molecule has 5 nitrogen and oxygen atoms in total. The van der Waals surface area contributed by atoms with E-state index in [0.29, 0.717) is 0 Å². The van der Waals surface area contributed by atoms with Crippen molar-refractivity contribution in [2.24, 2.45) is 0 Å². The quantitative estimate of drug-likeness (QED) is 0.884. The number of hydrogen-bond acceptors (Lipinski definition) is 3. The summed E-state index contributed by atoms with van der Waals surface area (Å²) in [6.45, 7) is 5.61. The number of piperidine rings is 1. The number of benzene rings is 1. The molecule has 1 aromatic rings. The summed E-state index contributed by atoms with van der Waals surface area (Å²) < 4.78 is 6.17. The first-order valence-corrected chi connectivity index (χ1v) is 9.48. The molecular formula is C20H30N2O3. The smallest absolute Gasteiger partial charge is 0.317 e. The van der Waals surface area contributed by atoms with E-state index in [1.807, 2.05) is 4.90 Å². The van der Waals surface area contributed by atoms with Crippen molar-refractivity contribution in [3.8, 4) is 5.75 Å². The molecule has 1 saturated heterocycles. The SMILES string of the molecule is Cc1ccc(C)c(OC2CCN(C(=O)NC3CCC(O)CC3)CC2)c1. The number of aliphatic hydroxyl groups is 1. The third-order valence-corrected chi connectivity index (χ3v) is 5.39. The Morgan fingerprint density at radius 2 is 1.80 bits per heavy atom. The van der Waals surface area contributed by atoms with Crippen molar-refractivity contribution in [3.05, 3.63) is 29.3 Å². The second kappa shape index (κ2) is 8.09. The molecule has 0 aromatic heterocycles. The molecule has 0 bridgehead atoms. The Morgan fingerprint density at radius 1 is 1.12 bits per heavy atom. The van der Waals surface area contributed by atoms with Gasteiger partial charge in [-0.05, 0) is 56.7 Å². The van der Waals surface area contributed by atoms with Gasteiger partial charge >= 0.3 is 6.03 Å². The zero-order valence-electron chi connectivity index (χ0n) is 15.3. The number of carbonyl (C=O) groups is 1. The van der Waals surface area contributed by atoms with E-state index >= 15 is 0 Å². The van der Waals surface area contributed by atoms with Crippen molar-refractivity contribution < 1.29 is 14.6 Å². The van der Waals surface area contributed by atoms with Gasteiger partial charge in [0.2, 0.25) is 0 Å². The first-order valence-electron chi connectivity index (χ1n) is 9.48. The number of ether oxygens (including phenoxy) is 1. The average Bonchev–Trinajstić information content (AvgIpc) is 2.61. The molecule has 0 radical (unpaired) electrons. The van der Waals surface area contributed by atoms with Crippen molar-refractivity contribution in [2.75, 3.05) is 13.1 Å². The van der Waals surface area contributed by atoms with Gasteiger partial charge in [0.15, 0.2) is 0 Å². The highest BCUT2D eigenvalue weighted by Gasteiger charge is 2.27. The van der Waals surface area contributed by atoms with Crippen molar-refractivity contribution in [1.82, 2.24) is 10.2 Å². The van der Waals surface area contributed by atoms with Crippen LogP contribution in [0.4, 0.5) is 4.79 Å². The maximum Gasteiger partial charge on any atom is 0.317 e. The summed E-state index contributed by atoms with van der Waals surface area (Å²) in [4.78, 5) is 14.3. The Hall–Kier alpha value is -1.75. The van der Waals surface area contributed by atoms with Gasteiger partial charge in [0, 0.05) is 32.0 Å². The molecule has 5 heteroatoms. The van der Waals surface area contributed by atoms with Crippen LogP contribution in [0, 0.1) is 13.8 Å². The number of nitrogens with zero attached hydrogens (tertiary/aromatic N) is 1. The molecule has 2 N–H and O–H groups in total. The molecule has 0 atom stereocenters. The molecule has 1 aromatic carbocycles. The lowest BCUT2D eigenvalue weighted by atomic mass is 9.93. The molecule has 1 aliphatic carbocycles. The summed E-state index contributed by atoms with van der Waals surface area (Å²) >= 11 is 0. The number of aliphatic hydroxyl groups excluding tert-OH is 1. The van der Waals surface area contributed by atoms with Gasteiger partial charge in [0.25, 0.3) is 0 Å². The van der Waals surface area contributed by atoms with E-state index in [4.69, 9.17) is 4.74 Å². The van der Waals surface area contributed by atoms with Gasteiger partial charge in [-0.25, -0.2) is 4.79 Å². The average molecular weight is 346 g/mol. The number of aryl methyl sites for hydroxylation is 2. The number of urea groups is 1. The molecule has 3 rings (SSSR count). The van der Waals surface area contributed by atoms with Crippen LogP contribution in [0.2, 0.25) is 0 Å². The number of rotatable bonds is 3. The standard InChI is InChI=1S/C20H30N2O3/c1-14-3-4-15(2)19(13-14)25-18-9-11-22(12-10-18)20(24)21-16-5-7-17(23)8-6-16/h3-4,13,16-18,23H,5-12H2,1-2H3,(H,21,24). The van der Waals surface area contributed by atoms with Crippen molar-refractivity contribution >= 4 is 6.03 Å². The van der Waals surface area contributed by atoms with Crippen LogP contribution in [-0.2, 0) is 0 Å². The second-order valence-corrected chi connectivity index (χ2v) is 7.53. The van der Waals surface area contributed by atoms with E-state index in [0.717, 1.165) is 62.9 Å². The molecular weight excluding hydrogens is 316 g/mol. The van der Waals surface area contributed by atoms with Crippen molar-refractivity contribution in [3.63, 3.8) is 0 Å². The number of likely N-dealkylation sites (tertiary alicyclic amines) is 1. The van der Waals surface area contributed by atoms with Crippen LogP contribution < -0.4 is 10.1 Å². The molecule has 0 unspecified atom stereocenters. The lowest BCUT2D eigenvalue weighted by molar-refractivity contribution is 0.100. The van der Waals surface area contributed by atoms with E-state index in [2.05, 4.69) is 37.4 Å². The van der Waals surface area contributed by atoms with Gasteiger partial charge in [0.1, 0.15) is 11.9 Å². The van der Waals surface area contributed by atoms with Crippen molar-refractivity contribution in [2.45, 2.75) is 70.6 Å². The Morgan fingerprint density at radius 3 is 2.48 bits per heavy atom. The maximum absolute atomic E-state index is 12.4.